The average Bonchev–Trinajstić information content (AvgIpc) is 1.65. The molecule has 0 saturated carbocycles. The number of Topliss-reactive ketones (excluding diaryl/α,β-unsaturated/α-hetero) is 1. The van der Waals surface area contributed by atoms with Crippen molar-refractivity contribution in [1.29, 1.82) is 0 Å². The van der Waals surface area contributed by atoms with Gasteiger partial charge in [0.2, 0.25) is 0 Å². The van der Waals surface area contributed by atoms with Crippen LogP contribution in [0.3, 0.4) is 0 Å². The molecular weight excluding hydrogens is 125 g/mol. The third kappa shape index (κ3) is 8.63. The number of carbonyl (C=O) groups is 1. The van der Waals surface area contributed by atoms with E-state index in [0.717, 1.165) is 0 Å². The van der Waals surface area contributed by atoms with E-state index in [1.807, 2.05) is 25.9 Å². The Bertz CT molecular complexity index is 83.1. The summed E-state index contributed by atoms with van der Waals surface area (Å²) >= 11 is 0. The summed E-state index contributed by atoms with van der Waals surface area (Å²) in [7, 11) is 3.79. The number of carbonyl (C=O) groups excluding carboxylic acids is 1. The molecule has 0 unspecified atom stereocenters. The first-order valence-electron chi connectivity index (χ1n) is 2.83. The molecule has 0 amide bonds. The molecule has 0 N–H and O–H groups in total. The summed E-state index contributed by atoms with van der Waals surface area (Å²) < 4.78 is 0. The molecule has 2 nitrogen and oxygen atoms in total. The third-order valence-electron chi connectivity index (χ3n) is 0.887. The van der Waals surface area contributed by atoms with Crippen molar-refractivity contribution in [2.45, 2.75) is 13.3 Å². The summed E-state index contributed by atoms with van der Waals surface area (Å²) in [6.07, 6.45) is 0.651. The van der Waals surface area contributed by atoms with Crippen LogP contribution in [0.4, 0.5) is 0 Å². The van der Waals surface area contributed by atoms with E-state index in [4.69, 9.17) is 0 Å². The van der Waals surface area contributed by atoms with Crippen LogP contribution in [-0.4, -0.2) is 60.9 Å². The van der Waals surface area contributed by atoms with Crippen molar-refractivity contribution in [3.63, 3.8) is 0 Å². The normalized spacial score (nSPS) is 8.89. The van der Waals surface area contributed by atoms with Crippen LogP contribution in [-0.2, 0) is 4.79 Å². The van der Waals surface area contributed by atoms with Crippen molar-refractivity contribution >= 4 is 35.3 Å². The zero-order chi connectivity index (χ0) is 6.57. The Morgan fingerprint density at radius 3 is 2.00 bits per heavy atom. The maximum absolute atomic E-state index is 10.6. The molecule has 0 spiro atoms. The zero-order valence-electron chi connectivity index (χ0n) is 5.77. The number of likely N-dealkylation sites (N-methyl/N-ethyl adjacent to an activating group) is 1. The molecule has 0 heterocycles. The number of nitrogens with zero attached hydrogens (tertiary/aromatic N) is 1. The van der Waals surface area contributed by atoms with Crippen molar-refractivity contribution in [2.75, 3.05) is 20.6 Å². The summed E-state index contributed by atoms with van der Waals surface area (Å²) in [5.74, 6) is 0.301. The minimum absolute atomic E-state index is 0. The fourth-order valence-electron chi connectivity index (χ4n) is 0.465. The van der Waals surface area contributed by atoms with Crippen molar-refractivity contribution in [3.8, 4) is 0 Å². The molecule has 0 radical (unpaired) electrons. The van der Waals surface area contributed by atoms with Gasteiger partial charge in [-0.15, -0.1) is 0 Å². The second-order valence-electron chi connectivity index (χ2n) is 2.13. The maximum atomic E-state index is 10.6. The average molecular weight is 139 g/mol. The van der Waals surface area contributed by atoms with Crippen molar-refractivity contribution in [2.24, 2.45) is 0 Å². The van der Waals surface area contributed by atoms with E-state index >= 15 is 0 Å². The molecular formula is C6H14NNaO. The molecule has 0 bridgehead atoms. The quantitative estimate of drug-likeness (QED) is 0.508. The zero-order valence-corrected chi connectivity index (χ0v) is 5.77. The van der Waals surface area contributed by atoms with Gasteiger partial charge in [0.1, 0.15) is 5.78 Å². The SMILES string of the molecule is CCC(=O)CN(C)C.[NaH]. The Labute approximate surface area is 78.9 Å². The minimum atomic E-state index is 0. The Morgan fingerprint density at radius 2 is 1.89 bits per heavy atom. The monoisotopic (exact) mass is 139 g/mol. The number of rotatable bonds is 3. The van der Waals surface area contributed by atoms with Gasteiger partial charge in [-0.25, -0.2) is 0 Å². The summed E-state index contributed by atoms with van der Waals surface area (Å²) in [4.78, 5) is 12.5. The van der Waals surface area contributed by atoms with Crippen LogP contribution in [0.2, 0.25) is 0 Å². The molecule has 0 aliphatic heterocycles. The molecule has 9 heavy (non-hydrogen) atoms. The van der Waals surface area contributed by atoms with Crippen molar-refractivity contribution < 1.29 is 4.79 Å². The second-order valence-corrected chi connectivity index (χ2v) is 2.13. The van der Waals surface area contributed by atoms with Gasteiger partial charge >= 0.3 is 29.6 Å². The first-order chi connectivity index (χ1) is 3.66. The molecule has 0 aromatic heterocycles. The summed E-state index contributed by atoms with van der Waals surface area (Å²) in [5.41, 5.74) is 0. The van der Waals surface area contributed by atoms with Crippen LogP contribution in [0.5, 0.6) is 0 Å². The standard InChI is InChI=1S/C6H13NO.Na.H/c1-4-6(8)5-7(2)3;;/h4-5H2,1-3H3;;. The molecule has 0 aliphatic carbocycles. The van der Waals surface area contributed by atoms with E-state index in [1.54, 1.807) is 0 Å². The molecule has 0 fully saturated rings. The van der Waals surface area contributed by atoms with E-state index in [-0.39, 0.29) is 29.6 Å². The summed E-state index contributed by atoms with van der Waals surface area (Å²) in [6, 6.07) is 0. The van der Waals surface area contributed by atoms with Crippen LogP contribution >= 0.6 is 0 Å². The first-order valence-corrected chi connectivity index (χ1v) is 2.83. The molecule has 50 valence electrons. The Kier molecular flexibility index (Phi) is 9.23. The van der Waals surface area contributed by atoms with Gasteiger partial charge in [0.15, 0.2) is 0 Å². The van der Waals surface area contributed by atoms with E-state index in [1.165, 1.54) is 0 Å². The van der Waals surface area contributed by atoms with Crippen LogP contribution in [0.25, 0.3) is 0 Å². The van der Waals surface area contributed by atoms with Gasteiger partial charge in [0.05, 0.1) is 6.54 Å². The fraction of sp³-hybridized carbons (Fsp3) is 0.833. The van der Waals surface area contributed by atoms with Gasteiger partial charge in [0.25, 0.3) is 0 Å². The second kappa shape index (κ2) is 6.75. The molecule has 0 saturated heterocycles. The summed E-state index contributed by atoms with van der Waals surface area (Å²) in [6.45, 7) is 2.46. The van der Waals surface area contributed by atoms with Crippen molar-refractivity contribution in [1.82, 2.24) is 4.90 Å². The van der Waals surface area contributed by atoms with Crippen molar-refractivity contribution in [3.05, 3.63) is 0 Å². The van der Waals surface area contributed by atoms with Gasteiger partial charge in [-0.1, -0.05) is 6.92 Å². The van der Waals surface area contributed by atoms with Gasteiger partial charge in [-0.05, 0) is 14.1 Å². The summed E-state index contributed by atoms with van der Waals surface area (Å²) in [5, 5.41) is 0. The predicted molar refractivity (Wildman–Crippen MR) is 41.0 cm³/mol. The molecule has 0 aliphatic rings. The van der Waals surface area contributed by atoms with Gasteiger partial charge in [0, 0.05) is 6.42 Å². The Balaban J connectivity index is 0. The predicted octanol–water partition coefficient (Wildman–Crippen LogP) is -0.121. The number of ketones is 1. The van der Waals surface area contributed by atoms with Crippen LogP contribution in [0, 0.1) is 0 Å². The molecule has 0 rings (SSSR count). The van der Waals surface area contributed by atoms with Crippen LogP contribution < -0.4 is 0 Å². The Hall–Kier alpha value is 0.630. The molecule has 0 atom stereocenters. The van der Waals surface area contributed by atoms with Gasteiger partial charge in [-0.2, -0.15) is 0 Å². The fourth-order valence-corrected chi connectivity index (χ4v) is 0.465. The topological polar surface area (TPSA) is 20.3 Å². The van der Waals surface area contributed by atoms with E-state index in [0.29, 0.717) is 18.7 Å². The van der Waals surface area contributed by atoms with Gasteiger partial charge < -0.3 is 4.90 Å². The number of hydrogen-bond acceptors (Lipinski definition) is 2. The Morgan fingerprint density at radius 1 is 1.44 bits per heavy atom. The molecule has 3 heteroatoms. The third-order valence-corrected chi connectivity index (χ3v) is 0.887. The molecule has 0 aromatic carbocycles. The molecule has 0 aromatic rings. The van der Waals surface area contributed by atoms with Crippen LogP contribution in [0.1, 0.15) is 13.3 Å². The number of hydrogen-bond donors (Lipinski definition) is 0. The van der Waals surface area contributed by atoms with E-state index in [2.05, 4.69) is 0 Å². The van der Waals surface area contributed by atoms with Crippen LogP contribution in [0.15, 0.2) is 0 Å². The van der Waals surface area contributed by atoms with E-state index in [9.17, 15) is 4.79 Å². The van der Waals surface area contributed by atoms with Gasteiger partial charge in [-0.3, -0.25) is 4.79 Å². The van der Waals surface area contributed by atoms with E-state index < -0.39 is 0 Å². The first kappa shape index (κ1) is 12.3.